The molecule has 3 heteroatoms. The lowest BCUT2D eigenvalue weighted by molar-refractivity contribution is 0.601. The van der Waals surface area contributed by atoms with Gasteiger partial charge in [-0.25, -0.2) is 0 Å². The highest BCUT2D eigenvalue weighted by atomic mass is 16.3. The van der Waals surface area contributed by atoms with Crippen molar-refractivity contribution in [2.75, 3.05) is 0 Å². The maximum Gasteiger partial charge on any atom is 0.201 e. The fraction of sp³-hybridized carbons (Fsp3) is 0.231. The van der Waals surface area contributed by atoms with Crippen LogP contribution in [0.1, 0.15) is 30.9 Å². The summed E-state index contributed by atoms with van der Waals surface area (Å²) in [5, 5.41) is 7.66. The zero-order chi connectivity index (χ0) is 11.7. The Hall–Kier alpha value is -1.90. The molecule has 16 heavy (non-hydrogen) atoms. The zero-order valence-corrected chi connectivity index (χ0v) is 9.28. The van der Waals surface area contributed by atoms with Crippen LogP contribution >= 0.6 is 0 Å². The second kappa shape index (κ2) is 3.93. The summed E-state index contributed by atoms with van der Waals surface area (Å²) in [6.45, 7) is 4.15. The van der Waals surface area contributed by atoms with E-state index in [1.807, 2.05) is 12.1 Å². The highest BCUT2D eigenvalue weighted by Gasteiger charge is 2.07. The first kappa shape index (κ1) is 10.6. The molecule has 1 N–H and O–H groups in total. The summed E-state index contributed by atoms with van der Waals surface area (Å²) in [7, 11) is 0. The molecule has 2 rings (SSSR count). The van der Waals surface area contributed by atoms with Crippen LogP contribution in [-0.2, 0) is 0 Å². The molecule has 0 amide bonds. The topological polar surface area (TPSA) is 54.1 Å². The second-order valence-corrected chi connectivity index (χ2v) is 4.07. The zero-order valence-electron chi connectivity index (χ0n) is 9.28. The summed E-state index contributed by atoms with van der Waals surface area (Å²) in [4.78, 5) is 11.9. The quantitative estimate of drug-likeness (QED) is 0.783. The van der Waals surface area contributed by atoms with Gasteiger partial charge >= 0.3 is 0 Å². The molecule has 1 aromatic heterocycles. The number of hydrogen-bond acceptors (Lipinski definition) is 3. The Kier molecular flexibility index (Phi) is 2.60. The van der Waals surface area contributed by atoms with Crippen molar-refractivity contribution in [2.45, 2.75) is 19.8 Å². The molecule has 0 spiro atoms. The average Bonchev–Trinajstić information content (AvgIpc) is 2.29. The van der Waals surface area contributed by atoms with Crippen LogP contribution in [0.5, 0.6) is 0 Å². The molecule has 0 fully saturated rings. The minimum absolute atomic E-state index is 0.140. The summed E-state index contributed by atoms with van der Waals surface area (Å²) in [6, 6.07) is 5.61. The second-order valence-electron chi connectivity index (χ2n) is 4.07. The van der Waals surface area contributed by atoms with Gasteiger partial charge in [0.1, 0.15) is 11.8 Å². The van der Waals surface area contributed by atoms with Gasteiger partial charge in [0, 0.05) is 6.21 Å². The monoisotopic (exact) mass is 215 g/mol. The molecule has 1 aromatic carbocycles. The van der Waals surface area contributed by atoms with E-state index in [9.17, 15) is 4.79 Å². The van der Waals surface area contributed by atoms with Crippen LogP contribution in [-0.4, -0.2) is 6.21 Å². The molecule has 2 aromatic rings. The van der Waals surface area contributed by atoms with Gasteiger partial charge in [0.2, 0.25) is 5.43 Å². The highest BCUT2D eigenvalue weighted by molar-refractivity contribution is 5.85. The predicted molar refractivity (Wildman–Crippen MR) is 64.5 cm³/mol. The van der Waals surface area contributed by atoms with E-state index in [1.54, 1.807) is 6.07 Å². The molecule has 0 bridgehead atoms. The van der Waals surface area contributed by atoms with Gasteiger partial charge in [-0.05, 0) is 23.6 Å². The fourth-order valence-electron chi connectivity index (χ4n) is 1.62. The van der Waals surface area contributed by atoms with Crippen LogP contribution in [0, 0.1) is 5.41 Å². The third-order valence-electron chi connectivity index (χ3n) is 2.65. The minimum atomic E-state index is -0.140. The Morgan fingerprint density at radius 2 is 2.12 bits per heavy atom. The van der Waals surface area contributed by atoms with Crippen LogP contribution in [0.2, 0.25) is 0 Å². The summed E-state index contributed by atoms with van der Waals surface area (Å²) in [5.41, 5.74) is 1.81. The maximum atomic E-state index is 11.9. The standard InChI is InChI=1S/C13H13NO2/c1-8(2)9-3-4-12-11(5-9)13(15)10(6-14)7-16-12/h3-8,14H,1-2H3. The molecule has 0 aliphatic carbocycles. The molecular formula is C13H13NO2. The number of hydrogen-bond donors (Lipinski definition) is 1. The minimum Gasteiger partial charge on any atom is -0.463 e. The van der Waals surface area contributed by atoms with Gasteiger partial charge in [0.25, 0.3) is 0 Å². The lowest BCUT2D eigenvalue weighted by Crippen LogP contribution is -2.08. The van der Waals surface area contributed by atoms with Gasteiger partial charge in [-0.3, -0.25) is 4.79 Å². The van der Waals surface area contributed by atoms with Crippen molar-refractivity contribution in [3.8, 4) is 0 Å². The van der Waals surface area contributed by atoms with Crippen LogP contribution in [0.4, 0.5) is 0 Å². The molecule has 0 saturated heterocycles. The van der Waals surface area contributed by atoms with Gasteiger partial charge in [0.15, 0.2) is 0 Å². The van der Waals surface area contributed by atoms with Gasteiger partial charge in [-0.1, -0.05) is 19.9 Å². The smallest absolute Gasteiger partial charge is 0.201 e. The maximum absolute atomic E-state index is 11.9. The Morgan fingerprint density at radius 1 is 1.38 bits per heavy atom. The normalized spacial score (nSPS) is 10.9. The van der Waals surface area contributed by atoms with E-state index in [0.29, 0.717) is 16.9 Å². The van der Waals surface area contributed by atoms with E-state index in [0.717, 1.165) is 11.8 Å². The summed E-state index contributed by atoms with van der Waals surface area (Å²) in [6.07, 6.45) is 2.35. The first-order valence-electron chi connectivity index (χ1n) is 5.19. The molecule has 0 aliphatic rings. The highest BCUT2D eigenvalue weighted by Crippen LogP contribution is 2.19. The van der Waals surface area contributed by atoms with Crippen molar-refractivity contribution in [1.29, 1.82) is 5.41 Å². The largest absolute Gasteiger partial charge is 0.463 e. The van der Waals surface area contributed by atoms with Crippen LogP contribution in [0.3, 0.4) is 0 Å². The molecule has 0 saturated carbocycles. The molecule has 0 aliphatic heterocycles. The van der Waals surface area contributed by atoms with Gasteiger partial charge < -0.3 is 9.83 Å². The lowest BCUT2D eigenvalue weighted by atomic mass is 10.0. The Balaban J connectivity index is 2.79. The number of benzene rings is 1. The number of nitrogens with one attached hydrogen (secondary N) is 1. The number of rotatable bonds is 2. The lowest BCUT2D eigenvalue weighted by Gasteiger charge is -2.06. The van der Waals surface area contributed by atoms with Crippen LogP contribution in [0.15, 0.2) is 33.7 Å². The Morgan fingerprint density at radius 3 is 2.75 bits per heavy atom. The van der Waals surface area contributed by atoms with E-state index < -0.39 is 0 Å². The third-order valence-corrected chi connectivity index (χ3v) is 2.65. The molecule has 82 valence electrons. The van der Waals surface area contributed by atoms with Crippen molar-refractivity contribution in [2.24, 2.45) is 0 Å². The van der Waals surface area contributed by atoms with Crippen LogP contribution in [0.25, 0.3) is 11.0 Å². The summed E-state index contributed by atoms with van der Waals surface area (Å²) >= 11 is 0. The SMILES string of the molecule is CC(C)c1ccc2occ(C=N)c(=O)c2c1. The molecule has 3 nitrogen and oxygen atoms in total. The number of fused-ring (bicyclic) bond motifs is 1. The van der Waals surface area contributed by atoms with Crippen molar-refractivity contribution >= 4 is 17.2 Å². The van der Waals surface area contributed by atoms with Gasteiger partial charge in [-0.2, -0.15) is 0 Å². The van der Waals surface area contributed by atoms with Crippen molar-refractivity contribution < 1.29 is 4.42 Å². The summed E-state index contributed by atoms with van der Waals surface area (Å²) in [5.74, 6) is 0.368. The third kappa shape index (κ3) is 1.65. The molecule has 1 heterocycles. The first-order valence-corrected chi connectivity index (χ1v) is 5.19. The molecule has 0 radical (unpaired) electrons. The van der Waals surface area contributed by atoms with Crippen molar-refractivity contribution in [1.82, 2.24) is 0 Å². The van der Waals surface area contributed by atoms with E-state index >= 15 is 0 Å². The Bertz CT molecular complexity index is 596. The molecular weight excluding hydrogens is 202 g/mol. The molecule has 0 atom stereocenters. The van der Waals surface area contributed by atoms with E-state index in [-0.39, 0.29) is 11.0 Å². The van der Waals surface area contributed by atoms with Crippen molar-refractivity contribution in [3.05, 3.63) is 45.8 Å². The van der Waals surface area contributed by atoms with E-state index in [2.05, 4.69) is 13.8 Å². The predicted octanol–water partition coefficient (Wildman–Crippen LogP) is 2.91. The van der Waals surface area contributed by atoms with E-state index in [4.69, 9.17) is 9.83 Å². The van der Waals surface area contributed by atoms with Gasteiger partial charge in [-0.15, -0.1) is 0 Å². The summed E-state index contributed by atoms with van der Waals surface area (Å²) < 4.78 is 5.30. The average molecular weight is 215 g/mol. The van der Waals surface area contributed by atoms with Crippen LogP contribution < -0.4 is 5.43 Å². The fourth-order valence-corrected chi connectivity index (χ4v) is 1.62. The first-order chi connectivity index (χ1) is 7.63. The van der Waals surface area contributed by atoms with Gasteiger partial charge in [0.05, 0.1) is 10.9 Å². The Labute approximate surface area is 93.2 Å². The van der Waals surface area contributed by atoms with E-state index in [1.165, 1.54) is 6.26 Å². The molecule has 0 unspecified atom stereocenters. The van der Waals surface area contributed by atoms with Crippen molar-refractivity contribution in [3.63, 3.8) is 0 Å².